The van der Waals surface area contributed by atoms with Crippen LogP contribution in [0.25, 0.3) is 0 Å². The number of carboxylic acids is 1. The Labute approximate surface area is 88.5 Å². The first kappa shape index (κ1) is 11.5. The lowest BCUT2D eigenvalue weighted by Gasteiger charge is -2.15. The molecule has 1 aromatic carbocycles. The molecule has 82 valence electrons. The summed E-state index contributed by atoms with van der Waals surface area (Å²) in [4.78, 5) is 12.7. The summed E-state index contributed by atoms with van der Waals surface area (Å²) in [5, 5.41) is 8.85. The number of nitrogens with zero attached hydrogens (tertiary/aromatic N) is 1. The van der Waals surface area contributed by atoms with Gasteiger partial charge in [0.25, 0.3) is 0 Å². The minimum absolute atomic E-state index is 0.635. The number of rotatable bonds is 4. The minimum Gasteiger partial charge on any atom is -0.480 e. The Morgan fingerprint density at radius 3 is 2.27 bits per heavy atom. The summed E-state index contributed by atoms with van der Waals surface area (Å²) in [6.45, 7) is 0. The van der Waals surface area contributed by atoms with Crippen LogP contribution in [0.3, 0.4) is 0 Å². The SMILES string of the molecule is CN(C)c1ccc(C(NN)C(=O)O)cc1. The van der Waals surface area contributed by atoms with Crippen molar-refractivity contribution < 1.29 is 9.90 Å². The molecule has 0 aromatic heterocycles. The van der Waals surface area contributed by atoms with E-state index in [1.54, 1.807) is 12.1 Å². The van der Waals surface area contributed by atoms with Crippen molar-refractivity contribution in [3.05, 3.63) is 29.8 Å². The van der Waals surface area contributed by atoms with Crippen molar-refractivity contribution in [2.24, 2.45) is 5.84 Å². The number of benzene rings is 1. The predicted molar refractivity (Wildman–Crippen MR) is 58.5 cm³/mol. The predicted octanol–water partition coefficient (Wildman–Crippen LogP) is 0.342. The normalized spacial score (nSPS) is 12.2. The third kappa shape index (κ3) is 2.68. The monoisotopic (exact) mass is 209 g/mol. The van der Waals surface area contributed by atoms with E-state index in [4.69, 9.17) is 10.9 Å². The first-order valence-corrected chi connectivity index (χ1v) is 4.52. The summed E-state index contributed by atoms with van der Waals surface area (Å²) in [5.74, 6) is 4.17. The number of hydrogen-bond donors (Lipinski definition) is 3. The highest BCUT2D eigenvalue weighted by Crippen LogP contribution is 2.17. The third-order valence-corrected chi connectivity index (χ3v) is 2.16. The van der Waals surface area contributed by atoms with Crippen molar-refractivity contribution in [3.8, 4) is 0 Å². The maximum Gasteiger partial charge on any atom is 0.326 e. The Hall–Kier alpha value is -1.59. The zero-order chi connectivity index (χ0) is 11.4. The van der Waals surface area contributed by atoms with Gasteiger partial charge in [0.1, 0.15) is 6.04 Å². The first-order chi connectivity index (χ1) is 7.06. The molecule has 4 N–H and O–H groups in total. The zero-order valence-corrected chi connectivity index (χ0v) is 8.77. The highest BCUT2D eigenvalue weighted by Gasteiger charge is 2.17. The van der Waals surface area contributed by atoms with E-state index in [9.17, 15) is 4.79 Å². The quantitative estimate of drug-likeness (QED) is 0.492. The molecule has 0 heterocycles. The van der Waals surface area contributed by atoms with Crippen LogP contribution in [-0.4, -0.2) is 25.2 Å². The molecule has 0 amide bonds. The molecule has 1 rings (SSSR count). The molecule has 1 aromatic rings. The topological polar surface area (TPSA) is 78.6 Å². The van der Waals surface area contributed by atoms with Crippen LogP contribution >= 0.6 is 0 Å². The van der Waals surface area contributed by atoms with Crippen LogP contribution < -0.4 is 16.2 Å². The second-order valence-electron chi connectivity index (χ2n) is 3.42. The number of carbonyl (C=O) groups is 1. The molecule has 15 heavy (non-hydrogen) atoms. The van der Waals surface area contributed by atoms with Gasteiger partial charge in [-0.15, -0.1) is 0 Å². The molecular formula is C10H15N3O2. The van der Waals surface area contributed by atoms with E-state index in [1.807, 2.05) is 31.1 Å². The Morgan fingerprint density at radius 1 is 1.40 bits per heavy atom. The zero-order valence-electron chi connectivity index (χ0n) is 8.77. The van der Waals surface area contributed by atoms with Crippen molar-refractivity contribution in [3.63, 3.8) is 0 Å². The first-order valence-electron chi connectivity index (χ1n) is 4.52. The van der Waals surface area contributed by atoms with Gasteiger partial charge in [-0.2, -0.15) is 0 Å². The molecule has 0 fully saturated rings. The molecule has 0 spiro atoms. The van der Waals surface area contributed by atoms with Crippen LogP contribution in [0.4, 0.5) is 5.69 Å². The second-order valence-corrected chi connectivity index (χ2v) is 3.42. The summed E-state index contributed by atoms with van der Waals surface area (Å²) in [5.41, 5.74) is 3.90. The van der Waals surface area contributed by atoms with Crippen LogP contribution in [0, 0.1) is 0 Å². The molecule has 0 aliphatic carbocycles. The average molecular weight is 209 g/mol. The van der Waals surface area contributed by atoms with Gasteiger partial charge >= 0.3 is 5.97 Å². The van der Waals surface area contributed by atoms with Crippen LogP contribution in [-0.2, 0) is 4.79 Å². The average Bonchev–Trinajstić information content (AvgIpc) is 2.19. The van der Waals surface area contributed by atoms with E-state index < -0.39 is 12.0 Å². The van der Waals surface area contributed by atoms with E-state index in [2.05, 4.69) is 5.43 Å². The number of nitrogens with two attached hydrogens (primary N) is 1. The summed E-state index contributed by atoms with van der Waals surface area (Å²) < 4.78 is 0. The fourth-order valence-electron chi connectivity index (χ4n) is 1.28. The number of carboxylic acid groups (broad SMARTS) is 1. The number of hydrogen-bond acceptors (Lipinski definition) is 4. The summed E-state index contributed by atoms with van der Waals surface area (Å²) in [7, 11) is 3.84. The molecule has 0 aliphatic rings. The molecular weight excluding hydrogens is 194 g/mol. The van der Waals surface area contributed by atoms with Crippen molar-refractivity contribution in [1.82, 2.24) is 5.43 Å². The van der Waals surface area contributed by atoms with E-state index >= 15 is 0 Å². The van der Waals surface area contributed by atoms with E-state index in [1.165, 1.54) is 0 Å². The largest absolute Gasteiger partial charge is 0.480 e. The lowest BCUT2D eigenvalue weighted by Crippen LogP contribution is -2.33. The third-order valence-electron chi connectivity index (χ3n) is 2.16. The van der Waals surface area contributed by atoms with Crippen molar-refractivity contribution in [2.45, 2.75) is 6.04 Å². The molecule has 0 saturated heterocycles. The number of hydrazine groups is 1. The number of aliphatic carboxylic acids is 1. The maximum atomic E-state index is 10.8. The molecule has 1 unspecified atom stereocenters. The van der Waals surface area contributed by atoms with Crippen LogP contribution in [0.15, 0.2) is 24.3 Å². The molecule has 1 atom stereocenters. The minimum atomic E-state index is -0.991. The Kier molecular flexibility index (Phi) is 3.65. The molecule has 0 saturated carbocycles. The Morgan fingerprint density at radius 2 is 1.93 bits per heavy atom. The highest BCUT2D eigenvalue weighted by atomic mass is 16.4. The van der Waals surface area contributed by atoms with Gasteiger partial charge in [-0.3, -0.25) is 10.6 Å². The number of anilines is 1. The standard InChI is InChI=1S/C10H15N3O2/c1-13(2)8-5-3-7(4-6-8)9(12-11)10(14)15/h3-6,9,12H,11H2,1-2H3,(H,14,15). The van der Waals surface area contributed by atoms with E-state index in [-0.39, 0.29) is 0 Å². The lowest BCUT2D eigenvalue weighted by molar-refractivity contribution is -0.139. The molecule has 0 radical (unpaired) electrons. The van der Waals surface area contributed by atoms with Crippen molar-refractivity contribution in [1.29, 1.82) is 0 Å². The van der Waals surface area contributed by atoms with Gasteiger partial charge in [-0.25, -0.2) is 5.43 Å². The van der Waals surface area contributed by atoms with Gasteiger partial charge in [0.2, 0.25) is 0 Å². The summed E-state index contributed by atoms with van der Waals surface area (Å²) >= 11 is 0. The van der Waals surface area contributed by atoms with E-state index in [0.717, 1.165) is 5.69 Å². The smallest absolute Gasteiger partial charge is 0.326 e. The second kappa shape index (κ2) is 4.77. The highest BCUT2D eigenvalue weighted by molar-refractivity contribution is 5.75. The fraction of sp³-hybridized carbons (Fsp3) is 0.300. The summed E-state index contributed by atoms with van der Waals surface area (Å²) in [6, 6.07) is 6.33. The van der Waals surface area contributed by atoms with Gasteiger partial charge in [-0.05, 0) is 17.7 Å². The molecule has 0 aliphatic heterocycles. The van der Waals surface area contributed by atoms with Gasteiger partial charge in [0, 0.05) is 19.8 Å². The Bertz CT molecular complexity index is 335. The molecule has 0 bridgehead atoms. The fourth-order valence-corrected chi connectivity index (χ4v) is 1.28. The number of nitrogens with one attached hydrogen (secondary N) is 1. The lowest BCUT2D eigenvalue weighted by atomic mass is 10.1. The van der Waals surface area contributed by atoms with Crippen LogP contribution in [0.2, 0.25) is 0 Å². The van der Waals surface area contributed by atoms with Crippen LogP contribution in [0.1, 0.15) is 11.6 Å². The van der Waals surface area contributed by atoms with Crippen molar-refractivity contribution >= 4 is 11.7 Å². The Balaban J connectivity index is 2.92. The van der Waals surface area contributed by atoms with Gasteiger partial charge in [0.15, 0.2) is 0 Å². The van der Waals surface area contributed by atoms with Crippen LogP contribution in [0.5, 0.6) is 0 Å². The maximum absolute atomic E-state index is 10.8. The van der Waals surface area contributed by atoms with Gasteiger partial charge < -0.3 is 10.0 Å². The van der Waals surface area contributed by atoms with E-state index in [0.29, 0.717) is 5.56 Å². The van der Waals surface area contributed by atoms with Crippen molar-refractivity contribution in [2.75, 3.05) is 19.0 Å². The summed E-state index contributed by atoms with van der Waals surface area (Å²) in [6.07, 6.45) is 0. The molecule has 5 heteroatoms. The van der Waals surface area contributed by atoms with Gasteiger partial charge in [0.05, 0.1) is 0 Å². The van der Waals surface area contributed by atoms with Gasteiger partial charge in [-0.1, -0.05) is 12.1 Å². The molecule has 5 nitrogen and oxygen atoms in total.